The molecule has 0 spiro atoms. The number of benzene rings is 1. The first-order chi connectivity index (χ1) is 15.1. The van der Waals surface area contributed by atoms with E-state index in [0.717, 1.165) is 44.2 Å². The summed E-state index contributed by atoms with van der Waals surface area (Å²) in [6.45, 7) is 1.67. The van der Waals surface area contributed by atoms with E-state index in [1.807, 2.05) is 35.3 Å². The second kappa shape index (κ2) is 9.88. The van der Waals surface area contributed by atoms with Gasteiger partial charge in [-0.2, -0.15) is 5.10 Å². The third-order valence-corrected chi connectivity index (χ3v) is 5.96. The molecular formula is C25H31N5O. The van der Waals surface area contributed by atoms with E-state index >= 15 is 0 Å². The summed E-state index contributed by atoms with van der Waals surface area (Å²) in [5, 5.41) is 8.48. The first-order valence-corrected chi connectivity index (χ1v) is 11.1. The maximum Gasteiger partial charge on any atom is 0.274 e. The molecule has 1 amide bonds. The van der Waals surface area contributed by atoms with Crippen LogP contribution in [-0.2, 0) is 25.8 Å². The van der Waals surface area contributed by atoms with Crippen LogP contribution in [0.3, 0.4) is 0 Å². The Labute approximate surface area is 184 Å². The molecule has 0 radical (unpaired) electrons. The normalized spacial score (nSPS) is 15.5. The summed E-state index contributed by atoms with van der Waals surface area (Å²) in [5.41, 5.74) is 5.47. The molecule has 0 fully saturated rings. The van der Waals surface area contributed by atoms with Gasteiger partial charge in [0.1, 0.15) is 0 Å². The first kappa shape index (κ1) is 21.2. The standard InChI is InChI=1S/C25H31N5O/c1-29(2)25(31)24-22-17-21(27-14-6-9-19-12-15-26-16-13-19)10-11-23(22)30(28-24)18-20-7-4-3-5-8-20/h3-5,7-8,12-13,15-16,21,27H,6,9-11,14,17-18H2,1-2H3. The summed E-state index contributed by atoms with van der Waals surface area (Å²) < 4.78 is 2.04. The zero-order chi connectivity index (χ0) is 21.6. The number of aryl methyl sites for hydroxylation is 1. The maximum absolute atomic E-state index is 12.8. The average molecular weight is 418 g/mol. The largest absolute Gasteiger partial charge is 0.343 e. The van der Waals surface area contributed by atoms with E-state index in [1.165, 1.54) is 16.8 Å². The molecule has 3 aromatic rings. The van der Waals surface area contributed by atoms with Crippen molar-refractivity contribution in [2.75, 3.05) is 20.6 Å². The fourth-order valence-electron chi connectivity index (χ4n) is 4.28. The van der Waals surface area contributed by atoms with E-state index in [-0.39, 0.29) is 5.91 Å². The highest BCUT2D eigenvalue weighted by Crippen LogP contribution is 2.26. The first-order valence-electron chi connectivity index (χ1n) is 11.1. The van der Waals surface area contributed by atoms with E-state index in [9.17, 15) is 4.79 Å². The molecule has 1 aromatic carbocycles. The Hall–Kier alpha value is -2.99. The molecule has 1 atom stereocenters. The number of carbonyl (C=O) groups is 1. The van der Waals surface area contributed by atoms with Crippen LogP contribution in [0, 0.1) is 0 Å². The van der Waals surface area contributed by atoms with Crippen LogP contribution in [0.1, 0.15) is 45.7 Å². The van der Waals surface area contributed by atoms with Gasteiger partial charge in [-0.3, -0.25) is 14.5 Å². The Morgan fingerprint density at radius 3 is 2.65 bits per heavy atom. The molecule has 1 aliphatic rings. The number of nitrogens with zero attached hydrogens (tertiary/aromatic N) is 4. The summed E-state index contributed by atoms with van der Waals surface area (Å²) in [4.78, 5) is 18.5. The highest BCUT2D eigenvalue weighted by molar-refractivity contribution is 5.93. The van der Waals surface area contributed by atoms with Crippen molar-refractivity contribution in [1.82, 2.24) is 25.0 Å². The number of rotatable bonds is 8. The molecule has 1 unspecified atom stereocenters. The van der Waals surface area contributed by atoms with Gasteiger partial charge in [-0.05, 0) is 61.9 Å². The van der Waals surface area contributed by atoms with Crippen molar-refractivity contribution in [3.8, 4) is 0 Å². The van der Waals surface area contributed by atoms with Crippen molar-refractivity contribution in [1.29, 1.82) is 0 Å². The lowest BCUT2D eigenvalue weighted by Crippen LogP contribution is -2.36. The van der Waals surface area contributed by atoms with E-state index in [2.05, 4.69) is 34.6 Å². The van der Waals surface area contributed by atoms with Gasteiger partial charge in [0, 0.05) is 43.8 Å². The van der Waals surface area contributed by atoms with Gasteiger partial charge in [0.15, 0.2) is 5.69 Å². The fraction of sp³-hybridized carbons (Fsp3) is 0.400. The van der Waals surface area contributed by atoms with Crippen LogP contribution in [0.4, 0.5) is 0 Å². The van der Waals surface area contributed by atoms with Crippen LogP contribution in [-0.4, -0.2) is 52.3 Å². The Morgan fingerprint density at radius 2 is 1.90 bits per heavy atom. The minimum Gasteiger partial charge on any atom is -0.343 e. The molecule has 0 bridgehead atoms. The minimum absolute atomic E-state index is 0.0126. The maximum atomic E-state index is 12.8. The molecule has 162 valence electrons. The van der Waals surface area contributed by atoms with E-state index in [0.29, 0.717) is 18.3 Å². The van der Waals surface area contributed by atoms with Gasteiger partial charge in [0.2, 0.25) is 0 Å². The molecule has 0 saturated carbocycles. The third kappa shape index (κ3) is 5.20. The molecule has 31 heavy (non-hydrogen) atoms. The minimum atomic E-state index is -0.0126. The number of pyridine rings is 1. The van der Waals surface area contributed by atoms with E-state index in [4.69, 9.17) is 5.10 Å². The second-order valence-corrected chi connectivity index (χ2v) is 8.47. The van der Waals surface area contributed by atoms with Crippen LogP contribution in [0.15, 0.2) is 54.9 Å². The van der Waals surface area contributed by atoms with Gasteiger partial charge in [0.25, 0.3) is 5.91 Å². The number of aromatic nitrogens is 3. The van der Waals surface area contributed by atoms with Crippen molar-refractivity contribution < 1.29 is 4.79 Å². The van der Waals surface area contributed by atoms with Gasteiger partial charge in [0.05, 0.1) is 6.54 Å². The summed E-state index contributed by atoms with van der Waals surface area (Å²) in [5.74, 6) is -0.0126. The average Bonchev–Trinajstić information content (AvgIpc) is 3.15. The molecule has 0 saturated heterocycles. The van der Waals surface area contributed by atoms with Crippen LogP contribution in [0.25, 0.3) is 0 Å². The molecule has 6 nitrogen and oxygen atoms in total. The van der Waals surface area contributed by atoms with E-state index < -0.39 is 0 Å². The number of fused-ring (bicyclic) bond motifs is 1. The molecule has 2 heterocycles. The zero-order valence-corrected chi connectivity index (χ0v) is 18.4. The van der Waals surface area contributed by atoms with Crippen molar-refractivity contribution in [3.63, 3.8) is 0 Å². The number of hydrogen-bond acceptors (Lipinski definition) is 4. The second-order valence-electron chi connectivity index (χ2n) is 8.47. The van der Waals surface area contributed by atoms with Crippen molar-refractivity contribution in [3.05, 3.63) is 82.9 Å². The van der Waals surface area contributed by atoms with Crippen molar-refractivity contribution in [2.24, 2.45) is 0 Å². The number of carbonyl (C=O) groups excluding carboxylic acids is 1. The Bertz CT molecular complexity index is 998. The molecule has 0 aliphatic heterocycles. The number of amides is 1. The summed E-state index contributed by atoms with van der Waals surface area (Å²) in [6, 6.07) is 14.9. The molecule has 4 rings (SSSR count). The molecular weight excluding hydrogens is 386 g/mol. The SMILES string of the molecule is CN(C)C(=O)c1nn(Cc2ccccc2)c2c1CC(NCCCc1ccncc1)CC2. The van der Waals surface area contributed by atoms with Crippen LogP contribution in [0.5, 0.6) is 0 Å². The predicted molar refractivity (Wildman–Crippen MR) is 122 cm³/mol. The lowest BCUT2D eigenvalue weighted by Gasteiger charge is -2.25. The molecule has 6 heteroatoms. The van der Waals surface area contributed by atoms with Gasteiger partial charge in [-0.15, -0.1) is 0 Å². The van der Waals surface area contributed by atoms with Gasteiger partial charge in [-0.25, -0.2) is 0 Å². The molecule has 1 aliphatic carbocycles. The quantitative estimate of drug-likeness (QED) is 0.572. The molecule has 2 aromatic heterocycles. The summed E-state index contributed by atoms with van der Waals surface area (Å²) in [7, 11) is 3.59. The van der Waals surface area contributed by atoms with Gasteiger partial charge in [-0.1, -0.05) is 30.3 Å². The Kier molecular flexibility index (Phi) is 6.77. The Balaban J connectivity index is 1.44. The van der Waals surface area contributed by atoms with Crippen LogP contribution in [0.2, 0.25) is 0 Å². The smallest absolute Gasteiger partial charge is 0.274 e. The molecule has 1 N–H and O–H groups in total. The highest BCUT2D eigenvalue weighted by Gasteiger charge is 2.29. The van der Waals surface area contributed by atoms with Gasteiger partial charge >= 0.3 is 0 Å². The summed E-state index contributed by atoms with van der Waals surface area (Å²) >= 11 is 0. The lowest BCUT2D eigenvalue weighted by molar-refractivity contribution is 0.0820. The number of hydrogen-bond donors (Lipinski definition) is 1. The Morgan fingerprint density at radius 1 is 1.13 bits per heavy atom. The van der Waals surface area contributed by atoms with Crippen LogP contribution >= 0.6 is 0 Å². The van der Waals surface area contributed by atoms with Gasteiger partial charge < -0.3 is 10.2 Å². The van der Waals surface area contributed by atoms with Crippen molar-refractivity contribution in [2.45, 2.75) is 44.7 Å². The topological polar surface area (TPSA) is 63.1 Å². The number of nitrogens with one attached hydrogen (secondary N) is 1. The van der Waals surface area contributed by atoms with E-state index in [1.54, 1.807) is 19.0 Å². The van der Waals surface area contributed by atoms with Crippen LogP contribution < -0.4 is 5.32 Å². The summed E-state index contributed by atoms with van der Waals surface area (Å²) in [6.07, 6.45) is 8.70. The lowest BCUT2D eigenvalue weighted by atomic mass is 9.91. The predicted octanol–water partition coefficient (Wildman–Crippen LogP) is 3.11. The fourth-order valence-corrected chi connectivity index (χ4v) is 4.28. The zero-order valence-electron chi connectivity index (χ0n) is 18.4. The third-order valence-electron chi connectivity index (χ3n) is 5.96. The van der Waals surface area contributed by atoms with Crippen molar-refractivity contribution >= 4 is 5.91 Å². The highest BCUT2D eigenvalue weighted by atomic mass is 16.2. The monoisotopic (exact) mass is 417 g/mol.